The van der Waals surface area contributed by atoms with Crippen molar-refractivity contribution in [3.63, 3.8) is 0 Å². The van der Waals surface area contributed by atoms with Crippen LogP contribution in [-0.2, 0) is 0 Å². The molecule has 0 fully saturated rings. The second-order valence-electron chi connectivity index (χ2n) is 2.79. The maximum atomic E-state index is 10.1. The van der Waals surface area contributed by atoms with E-state index in [1.165, 1.54) is 0 Å². The van der Waals surface area contributed by atoms with Crippen LogP contribution >= 0.6 is 0 Å². The first-order valence-corrected chi connectivity index (χ1v) is 4.04. The van der Waals surface area contributed by atoms with Crippen LogP contribution in [0.4, 0.5) is 0 Å². The van der Waals surface area contributed by atoms with Crippen molar-refractivity contribution in [3.05, 3.63) is 21.8 Å². The third-order valence-corrected chi connectivity index (χ3v) is 1.53. The summed E-state index contributed by atoms with van der Waals surface area (Å²) in [5, 5.41) is 19.0. The predicted molar refractivity (Wildman–Crippen MR) is 46.5 cm³/mol. The molecular formula is C8H15NO3. The van der Waals surface area contributed by atoms with Crippen molar-refractivity contribution in [1.82, 2.24) is 0 Å². The van der Waals surface area contributed by atoms with E-state index in [2.05, 4.69) is 0 Å². The molecule has 0 aromatic carbocycles. The van der Waals surface area contributed by atoms with Crippen LogP contribution in [-0.4, -0.2) is 22.7 Å². The molecule has 0 aliphatic carbocycles. The van der Waals surface area contributed by atoms with E-state index in [0.717, 1.165) is 5.57 Å². The van der Waals surface area contributed by atoms with Crippen LogP contribution in [0.2, 0.25) is 0 Å². The van der Waals surface area contributed by atoms with E-state index in [1.54, 1.807) is 13.0 Å². The summed E-state index contributed by atoms with van der Waals surface area (Å²) in [6.45, 7) is 3.43. The third-order valence-electron chi connectivity index (χ3n) is 1.53. The summed E-state index contributed by atoms with van der Waals surface area (Å²) in [5.74, 6) is 0. The maximum Gasteiger partial charge on any atom is 0.224 e. The average molecular weight is 173 g/mol. The SMILES string of the molecule is CCC(=CC[C@H](C)O)C[N+](=O)[O-]. The summed E-state index contributed by atoms with van der Waals surface area (Å²) < 4.78 is 0. The number of hydrogen-bond acceptors (Lipinski definition) is 3. The van der Waals surface area contributed by atoms with E-state index < -0.39 is 6.10 Å². The summed E-state index contributed by atoms with van der Waals surface area (Å²) in [4.78, 5) is 9.77. The molecule has 0 rings (SSSR count). The number of hydrogen-bond donors (Lipinski definition) is 1. The highest BCUT2D eigenvalue weighted by Gasteiger charge is 2.02. The largest absolute Gasteiger partial charge is 0.393 e. The van der Waals surface area contributed by atoms with Gasteiger partial charge >= 0.3 is 0 Å². The molecule has 0 amide bonds. The summed E-state index contributed by atoms with van der Waals surface area (Å²) in [6.07, 6.45) is 2.50. The van der Waals surface area contributed by atoms with Gasteiger partial charge in [-0.05, 0) is 25.3 Å². The molecule has 0 bridgehead atoms. The Kier molecular flexibility index (Phi) is 5.28. The molecule has 0 radical (unpaired) electrons. The first-order valence-electron chi connectivity index (χ1n) is 4.04. The molecule has 1 N–H and O–H groups in total. The van der Waals surface area contributed by atoms with Crippen LogP contribution in [0.25, 0.3) is 0 Å². The van der Waals surface area contributed by atoms with Gasteiger partial charge in [-0.2, -0.15) is 0 Å². The minimum Gasteiger partial charge on any atom is -0.393 e. The van der Waals surface area contributed by atoms with Crippen molar-refractivity contribution >= 4 is 0 Å². The van der Waals surface area contributed by atoms with E-state index in [9.17, 15) is 10.1 Å². The number of aliphatic hydroxyl groups excluding tert-OH is 1. The molecular weight excluding hydrogens is 158 g/mol. The lowest BCUT2D eigenvalue weighted by atomic mass is 10.1. The molecule has 70 valence electrons. The molecule has 12 heavy (non-hydrogen) atoms. The Morgan fingerprint density at radius 3 is 2.67 bits per heavy atom. The molecule has 0 aliphatic rings. The molecule has 0 saturated carbocycles. The van der Waals surface area contributed by atoms with Crippen molar-refractivity contribution in [2.45, 2.75) is 32.8 Å². The van der Waals surface area contributed by atoms with Crippen molar-refractivity contribution in [1.29, 1.82) is 0 Å². The van der Waals surface area contributed by atoms with Gasteiger partial charge in [-0.3, -0.25) is 10.1 Å². The Labute approximate surface area is 72.1 Å². The van der Waals surface area contributed by atoms with Crippen LogP contribution in [0.5, 0.6) is 0 Å². The Morgan fingerprint density at radius 1 is 1.75 bits per heavy atom. The average Bonchev–Trinajstić information content (AvgIpc) is 1.97. The minimum absolute atomic E-state index is 0.108. The number of aliphatic hydroxyl groups is 1. The molecule has 0 heterocycles. The van der Waals surface area contributed by atoms with Crippen LogP contribution < -0.4 is 0 Å². The zero-order chi connectivity index (χ0) is 9.56. The molecule has 0 spiro atoms. The van der Waals surface area contributed by atoms with Crippen molar-refractivity contribution in [2.75, 3.05) is 6.54 Å². The molecule has 0 aromatic rings. The van der Waals surface area contributed by atoms with Gasteiger partial charge in [0, 0.05) is 4.92 Å². The van der Waals surface area contributed by atoms with Gasteiger partial charge in [0.25, 0.3) is 0 Å². The van der Waals surface area contributed by atoms with E-state index in [1.807, 2.05) is 6.92 Å². The highest BCUT2D eigenvalue weighted by molar-refractivity contribution is 5.01. The Hall–Kier alpha value is -0.900. The molecule has 0 unspecified atom stereocenters. The lowest BCUT2D eigenvalue weighted by Gasteiger charge is -2.00. The first-order chi connectivity index (χ1) is 5.56. The van der Waals surface area contributed by atoms with E-state index in [-0.39, 0.29) is 11.5 Å². The summed E-state index contributed by atoms with van der Waals surface area (Å²) >= 11 is 0. The fraction of sp³-hybridized carbons (Fsp3) is 0.750. The molecule has 4 heteroatoms. The minimum atomic E-state index is -0.418. The van der Waals surface area contributed by atoms with Gasteiger partial charge in [0.1, 0.15) is 0 Å². The van der Waals surface area contributed by atoms with Gasteiger partial charge < -0.3 is 5.11 Å². The normalized spacial score (nSPS) is 14.4. The van der Waals surface area contributed by atoms with E-state index in [0.29, 0.717) is 12.8 Å². The topological polar surface area (TPSA) is 63.4 Å². The quantitative estimate of drug-likeness (QED) is 0.388. The second-order valence-corrected chi connectivity index (χ2v) is 2.79. The molecule has 0 aromatic heterocycles. The zero-order valence-electron chi connectivity index (χ0n) is 7.49. The predicted octanol–water partition coefficient (Wildman–Crippen LogP) is 1.37. The Balaban J connectivity index is 3.95. The highest BCUT2D eigenvalue weighted by Crippen LogP contribution is 2.04. The second kappa shape index (κ2) is 5.71. The maximum absolute atomic E-state index is 10.1. The smallest absolute Gasteiger partial charge is 0.224 e. The monoisotopic (exact) mass is 173 g/mol. The first kappa shape index (κ1) is 11.1. The van der Waals surface area contributed by atoms with Crippen molar-refractivity contribution in [3.8, 4) is 0 Å². The lowest BCUT2D eigenvalue weighted by Crippen LogP contribution is -2.05. The lowest BCUT2D eigenvalue weighted by molar-refractivity contribution is -0.471. The molecule has 1 atom stereocenters. The number of nitro groups is 1. The number of nitrogens with zero attached hydrogens (tertiary/aromatic N) is 1. The number of rotatable bonds is 5. The summed E-state index contributed by atoms with van der Waals surface area (Å²) in [5.41, 5.74) is 0.779. The fourth-order valence-electron chi connectivity index (χ4n) is 0.824. The van der Waals surface area contributed by atoms with Crippen LogP contribution in [0.15, 0.2) is 11.6 Å². The van der Waals surface area contributed by atoms with E-state index in [4.69, 9.17) is 5.11 Å². The summed E-state index contributed by atoms with van der Waals surface area (Å²) in [6, 6.07) is 0. The van der Waals surface area contributed by atoms with Gasteiger partial charge in [0.15, 0.2) is 0 Å². The van der Waals surface area contributed by atoms with Gasteiger partial charge in [0.05, 0.1) is 6.10 Å². The zero-order valence-corrected chi connectivity index (χ0v) is 7.49. The van der Waals surface area contributed by atoms with Gasteiger partial charge in [-0.1, -0.05) is 13.0 Å². The van der Waals surface area contributed by atoms with Crippen LogP contribution in [0, 0.1) is 10.1 Å². The summed E-state index contributed by atoms with van der Waals surface area (Å²) in [7, 11) is 0. The molecule has 0 saturated heterocycles. The molecule has 4 nitrogen and oxygen atoms in total. The Morgan fingerprint density at radius 2 is 2.33 bits per heavy atom. The fourth-order valence-corrected chi connectivity index (χ4v) is 0.824. The van der Waals surface area contributed by atoms with Gasteiger partial charge in [-0.25, -0.2) is 0 Å². The van der Waals surface area contributed by atoms with Crippen molar-refractivity contribution < 1.29 is 10.0 Å². The van der Waals surface area contributed by atoms with Gasteiger partial charge in [0.2, 0.25) is 6.54 Å². The van der Waals surface area contributed by atoms with Gasteiger partial charge in [-0.15, -0.1) is 0 Å². The molecule has 0 aliphatic heterocycles. The van der Waals surface area contributed by atoms with Crippen molar-refractivity contribution in [2.24, 2.45) is 0 Å². The highest BCUT2D eigenvalue weighted by atomic mass is 16.6. The third kappa shape index (κ3) is 5.85. The van der Waals surface area contributed by atoms with E-state index >= 15 is 0 Å². The Bertz CT molecular complexity index is 175. The van der Waals surface area contributed by atoms with Crippen LogP contribution in [0.3, 0.4) is 0 Å². The van der Waals surface area contributed by atoms with Crippen LogP contribution in [0.1, 0.15) is 26.7 Å². The standard InChI is InChI=1S/C8H15NO3/c1-3-8(6-9(11)12)5-4-7(2)10/h5,7,10H,3-4,6H2,1-2H3/t7-/m0/s1.